The van der Waals surface area contributed by atoms with Crippen molar-refractivity contribution in [1.29, 1.82) is 0 Å². The van der Waals surface area contributed by atoms with E-state index in [0.29, 0.717) is 28.9 Å². The number of hydrogen-bond acceptors (Lipinski definition) is 4. The molecule has 7 heteroatoms. The first kappa shape index (κ1) is 17.2. The molecule has 0 aliphatic heterocycles. The second-order valence-electron chi connectivity index (χ2n) is 5.90. The van der Waals surface area contributed by atoms with Gasteiger partial charge in [0.2, 0.25) is 5.91 Å². The van der Waals surface area contributed by atoms with Crippen molar-refractivity contribution in [2.45, 2.75) is 32.7 Å². The van der Waals surface area contributed by atoms with Crippen molar-refractivity contribution in [1.82, 2.24) is 14.8 Å². The van der Waals surface area contributed by atoms with Crippen LogP contribution in [-0.4, -0.2) is 20.7 Å². The molecule has 0 unspecified atom stereocenters. The highest BCUT2D eigenvalue weighted by Crippen LogP contribution is 2.28. The number of carbonyl (C=O) groups excluding carboxylic acids is 1. The predicted octanol–water partition coefficient (Wildman–Crippen LogP) is 4.34. The Morgan fingerprint density at radius 2 is 2.12 bits per heavy atom. The van der Waals surface area contributed by atoms with Crippen LogP contribution in [0.4, 0.5) is 5.82 Å². The number of oxazole rings is 1. The number of carbonyl (C=O) groups is 1. The van der Waals surface area contributed by atoms with E-state index in [2.05, 4.69) is 15.4 Å². The number of rotatable bonds is 6. The van der Waals surface area contributed by atoms with Crippen molar-refractivity contribution in [2.75, 3.05) is 5.32 Å². The summed E-state index contributed by atoms with van der Waals surface area (Å²) in [6.45, 7) is 4.01. The molecule has 0 saturated carbocycles. The van der Waals surface area contributed by atoms with Gasteiger partial charge in [-0.2, -0.15) is 5.10 Å². The summed E-state index contributed by atoms with van der Waals surface area (Å²) in [5.74, 6) is 1.67. The molecule has 0 saturated heterocycles. The molecule has 1 aromatic carbocycles. The lowest BCUT2D eigenvalue weighted by molar-refractivity contribution is -0.116. The fourth-order valence-electron chi connectivity index (χ4n) is 2.46. The molecular formula is C18H19ClN4O2. The van der Waals surface area contributed by atoms with Crippen molar-refractivity contribution in [3.63, 3.8) is 0 Å². The maximum absolute atomic E-state index is 12.1. The van der Waals surface area contributed by atoms with Crippen LogP contribution in [0.5, 0.6) is 0 Å². The molecule has 0 radical (unpaired) electrons. The van der Waals surface area contributed by atoms with E-state index in [0.717, 1.165) is 5.56 Å². The molecule has 2 aromatic heterocycles. The molecule has 0 fully saturated rings. The van der Waals surface area contributed by atoms with Gasteiger partial charge in [0.05, 0.1) is 17.4 Å². The number of benzene rings is 1. The minimum Gasteiger partial charge on any atom is -0.441 e. The van der Waals surface area contributed by atoms with Crippen molar-refractivity contribution in [3.8, 4) is 11.3 Å². The minimum absolute atomic E-state index is 0.111. The van der Waals surface area contributed by atoms with Crippen LogP contribution in [0, 0.1) is 0 Å². The number of aromatic nitrogens is 3. The summed E-state index contributed by atoms with van der Waals surface area (Å²) in [6, 6.07) is 9.36. The first-order valence-corrected chi connectivity index (χ1v) is 8.45. The first-order valence-electron chi connectivity index (χ1n) is 8.07. The lowest BCUT2D eigenvalue weighted by Crippen LogP contribution is -2.17. The van der Waals surface area contributed by atoms with Crippen molar-refractivity contribution in [2.24, 2.45) is 0 Å². The fourth-order valence-corrected chi connectivity index (χ4v) is 2.69. The molecule has 6 nitrogen and oxygen atoms in total. The van der Waals surface area contributed by atoms with Crippen LogP contribution < -0.4 is 5.32 Å². The number of amides is 1. The Morgan fingerprint density at radius 3 is 2.88 bits per heavy atom. The van der Waals surface area contributed by atoms with Crippen molar-refractivity contribution in [3.05, 3.63) is 53.6 Å². The zero-order valence-corrected chi connectivity index (χ0v) is 14.8. The second kappa shape index (κ2) is 7.53. The molecule has 3 rings (SSSR count). The number of nitrogens with one attached hydrogen (secondary N) is 1. The Hall–Kier alpha value is -2.60. The summed E-state index contributed by atoms with van der Waals surface area (Å²) in [5.41, 5.74) is 0.785. The summed E-state index contributed by atoms with van der Waals surface area (Å²) < 4.78 is 7.47. The van der Waals surface area contributed by atoms with Gasteiger partial charge < -0.3 is 9.73 Å². The maximum atomic E-state index is 12.1. The third-order valence-corrected chi connectivity index (χ3v) is 4.02. The normalized spacial score (nSPS) is 11.0. The summed E-state index contributed by atoms with van der Waals surface area (Å²) in [7, 11) is 0. The van der Waals surface area contributed by atoms with Gasteiger partial charge in [0.15, 0.2) is 11.7 Å². The van der Waals surface area contributed by atoms with Crippen LogP contribution in [0.15, 0.2) is 47.1 Å². The number of anilines is 1. The van der Waals surface area contributed by atoms with Gasteiger partial charge in [-0.15, -0.1) is 0 Å². The summed E-state index contributed by atoms with van der Waals surface area (Å²) in [6.07, 6.45) is 3.97. The molecule has 0 aliphatic carbocycles. The Morgan fingerprint density at radius 1 is 1.32 bits per heavy atom. The average Bonchev–Trinajstić information content (AvgIpc) is 3.22. The summed E-state index contributed by atoms with van der Waals surface area (Å²) >= 11 is 6.16. The van der Waals surface area contributed by atoms with E-state index in [1.165, 1.54) is 0 Å². The smallest absolute Gasteiger partial charge is 0.226 e. The van der Waals surface area contributed by atoms with Gasteiger partial charge >= 0.3 is 0 Å². The molecule has 130 valence electrons. The van der Waals surface area contributed by atoms with E-state index in [1.807, 2.05) is 32.0 Å². The van der Waals surface area contributed by atoms with Crippen LogP contribution in [0.25, 0.3) is 11.3 Å². The third-order valence-electron chi connectivity index (χ3n) is 3.69. The van der Waals surface area contributed by atoms with Crippen LogP contribution in [0.3, 0.4) is 0 Å². The van der Waals surface area contributed by atoms with Gasteiger partial charge in [-0.05, 0) is 26.0 Å². The monoisotopic (exact) mass is 358 g/mol. The predicted molar refractivity (Wildman–Crippen MR) is 96.5 cm³/mol. The van der Waals surface area contributed by atoms with E-state index in [1.54, 1.807) is 29.2 Å². The van der Waals surface area contributed by atoms with Gasteiger partial charge in [0.25, 0.3) is 0 Å². The highest BCUT2D eigenvalue weighted by molar-refractivity contribution is 6.33. The SMILES string of the molecule is CC(C)n1nccc1NC(=O)CCc1ncc(-c2ccccc2Cl)o1. The largest absolute Gasteiger partial charge is 0.441 e. The van der Waals surface area contributed by atoms with Crippen LogP contribution in [-0.2, 0) is 11.2 Å². The zero-order chi connectivity index (χ0) is 17.8. The lowest BCUT2D eigenvalue weighted by atomic mass is 10.2. The van der Waals surface area contributed by atoms with Crippen LogP contribution in [0.1, 0.15) is 32.2 Å². The Bertz CT molecular complexity index is 869. The Balaban J connectivity index is 1.60. The molecule has 3 aromatic rings. The van der Waals surface area contributed by atoms with E-state index >= 15 is 0 Å². The number of nitrogens with zero attached hydrogens (tertiary/aromatic N) is 3. The zero-order valence-electron chi connectivity index (χ0n) is 14.1. The van der Waals surface area contributed by atoms with Gasteiger partial charge in [-0.25, -0.2) is 9.67 Å². The highest BCUT2D eigenvalue weighted by Gasteiger charge is 2.13. The van der Waals surface area contributed by atoms with E-state index in [-0.39, 0.29) is 18.4 Å². The average molecular weight is 359 g/mol. The van der Waals surface area contributed by atoms with E-state index in [9.17, 15) is 4.79 Å². The second-order valence-corrected chi connectivity index (χ2v) is 6.31. The van der Waals surface area contributed by atoms with Gasteiger partial charge in [-0.1, -0.05) is 23.7 Å². The number of aryl methyl sites for hydroxylation is 1. The van der Waals surface area contributed by atoms with Gasteiger partial charge in [0, 0.05) is 30.5 Å². The van der Waals surface area contributed by atoms with E-state index in [4.69, 9.17) is 16.0 Å². The van der Waals surface area contributed by atoms with Crippen LogP contribution in [0.2, 0.25) is 5.02 Å². The van der Waals surface area contributed by atoms with Crippen LogP contribution >= 0.6 is 11.6 Å². The topological polar surface area (TPSA) is 73.0 Å². The Labute approximate surface area is 150 Å². The molecule has 1 amide bonds. The lowest BCUT2D eigenvalue weighted by Gasteiger charge is -2.11. The third kappa shape index (κ3) is 4.09. The molecule has 0 aliphatic rings. The minimum atomic E-state index is -0.111. The Kier molecular flexibility index (Phi) is 5.19. The first-order chi connectivity index (χ1) is 12.0. The summed E-state index contributed by atoms with van der Waals surface area (Å²) in [4.78, 5) is 16.4. The van der Waals surface area contributed by atoms with Crippen molar-refractivity contribution >= 4 is 23.3 Å². The molecular weight excluding hydrogens is 340 g/mol. The molecule has 0 bridgehead atoms. The van der Waals surface area contributed by atoms with Gasteiger partial charge in [0.1, 0.15) is 5.82 Å². The van der Waals surface area contributed by atoms with E-state index < -0.39 is 0 Å². The molecule has 0 spiro atoms. The highest BCUT2D eigenvalue weighted by atomic mass is 35.5. The van der Waals surface area contributed by atoms with Crippen molar-refractivity contribution < 1.29 is 9.21 Å². The number of hydrogen-bond donors (Lipinski definition) is 1. The molecule has 2 heterocycles. The maximum Gasteiger partial charge on any atom is 0.226 e. The van der Waals surface area contributed by atoms with Gasteiger partial charge in [-0.3, -0.25) is 4.79 Å². The molecule has 1 N–H and O–H groups in total. The quantitative estimate of drug-likeness (QED) is 0.711. The fraction of sp³-hybridized carbons (Fsp3) is 0.278. The number of halogens is 1. The standard InChI is InChI=1S/C18H19ClN4O2/c1-12(2)23-16(9-10-21-23)22-17(24)7-8-18-20-11-15(25-18)13-5-3-4-6-14(13)19/h3-6,9-12H,7-8H2,1-2H3,(H,22,24). The molecule has 0 atom stereocenters. The molecule has 25 heavy (non-hydrogen) atoms. The summed E-state index contributed by atoms with van der Waals surface area (Å²) in [5, 5.41) is 7.65.